The van der Waals surface area contributed by atoms with Crippen LogP contribution in [0.1, 0.15) is 33.1 Å². The zero-order valence-corrected chi connectivity index (χ0v) is 12.0. The van der Waals surface area contributed by atoms with Crippen LogP contribution in [0.15, 0.2) is 4.99 Å². The third-order valence-electron chi connectivity index (χ3n) is 3.42. The molecule has 5 nitrogen and oxygen atoms in total. The van der Waals surface area contributed by atoms with Gasteiger partial charge in [0, 0.05) is 25.7 Å². The number of nitrogens with one attached hydrogen (secondary N) is 1. The summed E-state index contributed by atoms with van der Waals surface area (Å²) in [6.45, 7) is 7.93. The van der Waals surface area contributed by atoms with Gasteiger partial charge in [0.05, 0.1) is 13.2 Å². The summed E-state index contributed by atoms with van der Waals surface area (Å²) in [7, 11) is 1.68. The van der Waals surface area contributed by atoms with Gasteiger partial charge in [-0.2, -0.15) is 0 Å². The minimum Gasteiger partial charge on any atom is -0.383 e. The largest absolute Gasteiger partial charge is 0.383 e. The van der Waals surface area contributed by atoms with E-state index in [0.717, 1.165) is 13.1 Å². The van der Waals surface area contributed by atoms with Crippen LogP contribution in [0.5, 0.6) is 0 Å². The molecule has 2 atom stereocenters. The van der Waals surface area contributed by atoms with E-state index in [1.165, 1.54) is 25.8 Å². The van der Waals surface area contributed by atoms with Crippen LogP contribution in [-0.4, -0.2) is 56.3 Å². The second-order valence-electron chi connectivity index (χ2n) is 5.15. The number of methoxy groups -OCH3 is 1. The van der Waals surface area contributed by atoms with E-state index in [0.29, 0.717) is 18.6 Å². The fourth-order valence-electron chi connectivity index (χ4n) is 2.38. The van der Waals surface area contributed by atoms with Crippen molar-refractivity contribution in [1.82, 2.24) is 10.2 Å². The van der Waals surface area contributed by atoms with E-state index in [9.17, 15) is 0 Å². The summed E-state index contributed by atoms with van der Waals surface area (Å²) in [5.41, 5.74) is 5.82. The van der Waals surface area contributed by atoms with E-state index < -0.39 is 0 Å². The van der Waals surface area contributed by atoms with Crippen LogP contribution in [0.4, 0.5) is 0 Å². The Balaban J connectivity index is 2.21. The van der Waals surface area contributed by atoms with Gasteiger partial charge in [0.2, 0.25) is 0 Å². The molecule has 0 radical (unpaired) electrons. The molecule has 106 valence electrons. The highest BCUT2D eigenvalue weighted by atomic mass is 16.5. The van der Waals surface area contributed by atoms with Crippen molar-refractivity contribution in [1.29, 1.82) is 0 Å². The van der Waals surface area contributed by atoms with Crippen LogP contribution in [0, 0.1) is 0 Å². The van der Waals surface area contributed by atoms with Crippen LogP contribution >= 0.6 is 0 Å². The first-order chi connectivity index (χ1) is 8.63. The van der Waals surface area contributed by atoms with E-state index in [-0.39, 0.29) is 6.04 Å². The summed E-state index contributed by atoms with van der Waals surface area (Å²) in [6.07, 6.45) is 3.98. The second-order valence-corrected chi connectivity index (χ2v) is 5.15. The van der Waals surface area contributed by atoms with Crippen LogP contribution in [-0.2, 0) is 4.74 Å². The number of piperidine rings is 1. The Labute approximate surface area is 111 Å². The molecular weight excluding hydrogens is 228 g/mol. The van der Waals surface area contributed by atoms with E-state index in [2.05, 4.69) is 22.1 Å². The zero-order chi connectivity index (χ0) is 13.4. The third-order valence-corrected chi connectivity index (χ3v) is 3.42. The minimum absolute atomic E-state index is 0.202. The molecule has 0 aromatic heterocycles. The maximum atomic E-state index is 5.82. The molecule has 2 unspecified atom stereocenters. The summed E-state index contributed by atoms with van der Waals surface area (Å²) in [5, 5.41) is 3.11. The topological polar surface area (TPSA) is 62.9 Å². The van der Waals surface area contributed by atoms with Gasteiger partial charge in [-0.3, -0.25) is 9.89 Å². The number of nitrogens with two attached hydrogens (primary N) is 1. The summed E-state index contributed by atoms with van der Waals surface area (Å²) in [6, 6.07) is 0.892. The quantitative estimate of drug-likeness (QED) is 0.545. The number of hydrogen-bond acceptors (Lipinski definition) is 3. The van der Waals surface area contributed by atoms with Crippen molar-refractivity contribution in [3.05, 3.63) is 0 Å². The van der Waals surface area contributed by atoms with Crippen molar-refractivity contribution in [2.75, 3.05) is 33.4 Å². The first-order valence-corrected chi connectivity index (χ1v) is 6.93. The lowest BCUT2D eigenvalue weighted by atomic mass is 10.0. The smallest absolute Gasteiger partial charge is 0.188 e. The Bertz CT molecular complexity index is 257. The summed E-state index contributed by atoms with van der Waals surface area (Å²) in [4.78, 5) is 6.86. The van der Waals surface area contributed by atoms with Crippen molar-refractivity contribution < 1.29 is 4.74 Å². The van der Waals surface area contributed by atoms with Crippen LogP contribution in [0.2, 0.25) is 0 Å². The molecule has 0 saturated carbocycles. The van der Waals surface area contributed by atoms with Crippen molar-refractivity contribution in [2.24, 2.45) is 10.7 Å². The standard InChI is InChI=1S/C13H28N4O/c1-11(10-18-3)16-13(14)15-7-9-17-8-5-4-6-12(17)2/h11-12H,4-10H2,1-3H3,(H3,14,15,16). The Morgan fingerprint density at radius 2 is 2.33 bits per heavy atom. The van der Waals surface area contributed by atoms with Gasteiger partial charge in [0.25, 0.3) is 0 Å². The molecule has 0 aromatic rings. The Hall–Kier alpha value is -0.810. The van der Waals surface area contributed by atoms with Crippen molar-refractivity contribution >= 4 is 5.96 Å². The second kappa shape index (κ2) is 8.32. The van der Waals surface area contributed by atoms with Crippen LogP contribution in [0.25, 0.3) is 0 Å². The van der Waals surface area contributed by atoms with Gasteiger partial charge in [-0.25, -0.2) is 0 Å². The number of likely N-dealkylation sites (tertiary alicyclic amines) is 1. The van der Waals surface area contributed by atoms with Gasteiger partial charge in [-0.1, -0.05) is 6.42 Å². The number of hydrogen-bond donors (Lipinski definition) is 2. The molecule has 3 N–H and O–H groups in total. The molecule has 1 fully saturated rings. The lowest BCUT2D eigenvalue weighted by Gasteiger charge is -2.32. The first kappa shape index (κ1) is 15.2. The van der Waals surface area contributed by atoms with Gasteiger partial charge in [-0.05, 0) is 33.2 Å². The SMILES string of the molecule is COCC(C)NC(N)=NCCN1CCCCC1C. The van der Waals surface area contributed by atoms with Crippen LogP contribution < -0.4 is 11.1 Å². The molecule has 0 spiro atoms. The lowest BCUT2D eigenvalue weighted by molar-refractivity contribution is 0.165. The molecule has 0 aliphatic carbocycles. The zero-order valence-electron chi connectivity index (χ0n) is 12.0. The van der Waals surface area contributed by atoms with Gasteiger partial charge in [0.1, 0.15) is 0 Å². The van der Waals surface area contributed by atoms with Crippen molar-refractivity contribution in [2.45, 2.75) is 45.2 Å². The molecule has 0 bridgehead atoms. The molecular formula is C13H28N4O. The number of rotatable bonds is 6. The molecule has 0 amide bonds. The fourth-order valence-corrected chi connectivity index (χ4v) is 2.38. The van der Waals surface area contributed by atoms with E-state index in [4.69, 9.17) is 10.5 Å². The van der Waals surface area contributed by atoms with E-state index in [1.54, 1.807) is 7.11 Å². The molecule has 1 heterocycles. The summed E-state index contributed by atoms with van der Waals surface area (Å²) in [5.74, 6) is 0.518. The normalized spacial score (nSPS) is 23.9. The summed E-state index contributed by atoms with van der Waals surface area (Å²) >= 11 is 0. The first-order valence-electron chi connectivity index (χ1n) is 6.93. The van der Waals surface area contributed by atoms with E-state index in [1.807, 2.05) is 6.92 Å². The predicted octanol–water partition coefficient (Wildman–Crippen LogP) is 0.800. The minimum atomic E-state index is 0.202. The highest BCUT2D eigenvalue weighted by Crippen LogP contribution is 2.15. The number of guanidine groups is 1. The van der Waals surface area contributed by atoms with Crippen molar-refractivity contribution in [3.63, 3.8) is 0 Å². The molecule has 5 heteroatoms. The molecule has 1 aliphatic heterocycles. The Kier molecular flexibility index (Phi) is 7.05. The Morgan fingerprint density at radius 1 is 1.56 bits per heavy atom. The predicted molar refractivity (Wildman–Crippen MR) is 75.8 cm³/mol. The monoisotopic (exact) mass is 256 g/mol. The molecule has 1 rings (SSSR count). The highest BCUT2D eigenvalue weighted by molar-refractivity contribution is 5.78. The van der Waals surface area contributed by atoms with Gasteiger partial charge >= 0.3 is 0 Å². The molecule has 1 aliphatic rings. The third kappa shape index (κ3) is 5.69. The maximum absolute atomic E-state index is 5.82. The van der Waals surface area contributed by atoms with Gasteiger partial charge in [0.15, 0.2) is 5.96 Å². The number of aliphatic imine (C=N–C) groups is 1. The fraction of sp³-hybridized carbons (Fsp3) is 0.923. The van der Waals surface area contributed by atoms with Crippen molar-refractivity contribution in [3.8, 4) is 0 Å². The number of nitrogens with zero attached hydrogens (tertiary/aromatic N) is 2. The average Bonchev–Trinajstić information content (AvgIpc) is 2.31. The lowest BCUT2D eigenvalue weighted by Crippen LogP contribution is -2.42. The van der Waals surface area contributed by atoms with Crippen LogP contribution in [0.3, 0.4) is 0 Å². The van der Waals surface area contributed by atoms with Gasteiger partial charge < -0.3 is 15.8 Å². The number of ether oxygens (including phenoxy) is 1. The van der Waals surface area contributed by atoms with E-state index >= 15 is 0 Å². The molecule has 0 aromatic carbocycles. The maximum Gasteiger partial charge on any atom is 0.188 e. The molecule has 18 heavy (non-hydrogen) atoms. The molecule has 1 saturated heterocycles. The Morgan fingerprint density at radius 3 is 3.00 bits per heavy atom. The highest BCUT2D eigenvalue weighted by Gasteiger charge is 2.17. The summed E-state index contributed by atoms with van der Waals surface area (Å²) < 4.78 is 5.04. The average molecular weight is 256 g/mol. The van der Waals surface area contributed by atoms with Gasteiger partial charge in [-0.15, -0.1) is 0 Å².